The van der Waals surface area contributed by atoms with E-state index in [4.69, 9.17) is 0 Å². The van der Waals surface area contributed by atoms with Gasteiger partial charge in [-0.25, -0.2) is 8.78 Å². The molecule has 21 heavy (non-hydrogen) atoms. The summed E-state index contributed by atoms with van der Waals surface area (Å²) in [5.41, 5.74) is 1.39. The molecule has 1 fully saturated rings. The normalized spacial score (nSPS) is 17.6. The van der Waals surface area contributed by atoms with Crippen molar-refractivity contribution in [2.45, 2.75) is 25.8 Å². The smallest absolute Gasteiger partial charge is 0.270 e. The molecular formula is C15H15BrF2N2O. The van der Waals surface area contributed by atoms with E-state index in [9.17, 15) is 13.6 Å². The molecule has 2 aromatic rings. The van der Waals surface area contributed by atoms with Gasteiger partial charge in [0.2, 0.25) is 0 Å². The van der Waals surface area contributed by atoms with E-state index in [2.05, 4.69) is 15.9 Å². The highest BCUT2D eigenvalue weighted by atomic mass is 79.9. The van der Waals surface area contributed by atoms with Crippen LogP contribution in [0.1, 0.15) is 23.8 Å². The summed E-state index contributed by atoms with van der Waals surface area (Å²) in [6, 6.07) is 7.50. The maximum absolute atomic E-state index is 13.3. The Labute approximate surface area is 129 Å². The molecule has 1 aromatic heterocycles. The molecule has 0 atom stereocenters. The zero-order chi connectivity index (χ0) is 15.2. The van der Waals surface area contributed by atoms with Gasteiger partial charge in [0.25, 0.3) is 11.8 Å². The van der Waals surface area contributed by atoms with Crippen LogP contribution < -0.4 is 0 Å². The Morgan fingerprint density at radius 1 is 1.43 bits per heavy atom. The minimum absolute atomic E-state index is 0.109. The van der Waals surface area contributed by atoms with Crippen molar-refractivity contribution in [3.8, 4) is 0 Å². The lowest BCUT2D eigenvalue weighted by Crippen LogP contribution is -2.32. The number of likely N-dealkylation sites (tertiary alicyclic amines) is 1. The second-order valence-electron chi connectivity index (χ2n) is 5.28. The Hall–Kier alpha value is -1.43. The average molecular weight is 357 g/mol. The summed E-state index contributed by atoms with van der Waals surface area (Å²) in [6.07, 6.45) is -0.255. The van der Waals surface area contributed by atoms with E-state index < -0.39 is 12.5 Å². The first-order valence-electron chi connectivity index (χ1n) is 6.88. The van der Waals surface area contributed by atoms with Gasteiger partial charge in [0, 0.05) is 29.4 Å². The molecular weight excluding hydrogens is 342 g/mol. The first kappa shape index (κ1) is 14.5. The number of halogens is 3. The summed E-state index contributed by atoms with van der Waals surface area (Å²) >= 11 is 3.49. The number of amides is 1. The number of hydrogen-bond donors (Lipinski definition) is 0. The molecule has 1 amide bonds. The molecule has 0 radical (unpaired) electrons. The van der Waals surface area contributed by atoms with Gasteiger partial charge in [0.05, 0.1) is 12.1 Å². The van der Waals surface area contributed by atoms with E-state index in [1.165, 1.54) is 4.90 Å². The molecule has 0 saturated carbocycles. The van der Waals surface area contributed by atoms with E-state index in [1.54, 1.807) is 6.07 Å². The molecule has 1 aromatic carbocycles. The van der Waals surface area contributed by atoms with Gasteiger partial charge < -0.3 is 9.47 Å². The van der Waals surface area contributed by atoms with Crippen molar-refractivity contribution in [3.63, 3.8) is 0 Å². The Morgan fingerprint density at radius 3 is 2.81 bits per heavy atom. The molecule has 0 bridgehead atoms. The second kappa shape index (κ2) is 5.09. The molecule has 0 aliphatic carbocycles. The monoisotopic (exact) mass is 356 g/mol. The standard InChI is InChI=1S/C15H15BrF2N2O/c1-2-20-12(8-10-4-3-5-11(16)13(10)20)14(21)19-7-6-15(17,18)9-19/h3-5,8H,2,6-7,9H2,1H3. The van der Waals surface area contributed by atoms with Crippen LogP contribution in [0.3, 0.4) is 0 Å². The van der Waals surface area contributed by atoms with Crippen LogP contribution in [0.2, 0.25) is 0 Å². The Kier molecular flexibility index (Phi) is 3.51. The number of para-hydroxylation sites is 1. The number of benzene rings is 1. The fourth-order valence-electron chi connectivity index (χ4n) is 2.86. The molecule has 112 valence electrons. The number of carbonyl (C=O) groups is 1. The van der Waals surface area contributed by atoms with Gasteiger partial charge in [-0.1, -0.05) is 12.1 Å². The predicted octanol–water partition coefficient (Wildman–Crippen LogP) is 3.90. The lowest BCUT2D eigenvalue weighted by atomic mass is 10.2. The minimum Gasteiger partial charge on any atom is -0.336 e. The van der Waals surface area contributed by atoms with Crippen LogP contribution in [0.15, 0.2) is 28.7 Å². The van der Waals surface area contributed by atoms with Crippen molar-refractivity contribution >= 4 is 32.7 Å². The lowest BCUT2D eigenvalue weighted by Gasteiger charge is -2.17. The maximum Gasteiger partial charge on any atom is 0.270 e. The van der Waals surface area contributed by atoms with E-state index in [1.807, 2.05) is 29.7 Å². The predicted molar refractivity (Wildman–Crippen MR) is 80.8 cm³/mol. The highest BCUT2D eigenvalue weighted by molar-refractivity contribution is 9.10. The number of aryl methyl sites for hydroxylation is 1. The van der Waals surface area contributed by atoms with E-state index in [-0.39, 0.29) is 18.9 Å². The van der Waals surface area contributed by atoms with Gasteiger partial charge in [-0.3, -0.25) is 4.79 Å². The molecule has 3 nitrogen and oxygen atoms in total. The summed E-state index contributed by atoms with van der Waals surface area (Å²) in [7, 11) is 0. The van der Waals surface area contributed by atoms with Gasteiger partial charge in [0.15, 0.2) is 0 Å². The van der Waals surface area contributed by atoms with Gasteiger partial charge in [-0.05, 0) is 35.0 Å². The van der Waals surface area contributed by atoms with Gasteiger partial charge in [-0.2, -0.15) is 0 Å². The number of fused-ring (bicyclic) bond motifs is 1. The third-order valence-corrected chi connectivity index (χ3v) is 4.50. The zero-order valence-corrected chi connectivity index (χ0v) is 13.2. The first-order chi connectivity index (χ1) is 9.93. The van der Waals surface area contributed by atoms with Crippen LogP contribution >= 0.6 is 15.9 Å². The van der Waals surface area contributed by atoms with Crippen LogP contribution in [0, 0.1) is 0 Å². The van der Waals surface area contributed by atoms with Crippen molar-refractivity contribution < 1.29 is 13.6 Å². The number of rotatable bonds is 2. The summed E-state index contributed by atoms with van der Waals surface area (Å²) in [4.78, 5) is 13.8. The van der Waals surface area contributed by atoms with Crippen molar-refractivity contribution in [2.75, 3.05) is 13.1 Å². The first-order valence-corrected chi connectivity index (χ1v) is 7.67. The summed E-state index contributed by atoms with van der Waals surface area (Å²) in [6.45, 7) is 2.17. The lowest BCUT2D eigenvalue weighted by molar-refractivity contribution is 0.0119. The molecule has 2 heterocycles. The fraction of sp³-hybridized carbons (Fsp3) is 0.400. The molecule has 1 aliphatic heterocycles. The molecule has 3 rings (SSSR count). The number of alkyl halides is 2. The van der Waals surface area contributed by atoms with E-state index in [0.717, 1.165) is 15.4 Å². The van der Waals surface area contributed by atoms with Crippen molar-refractivity contribution in [2.24, 2.45) is 0 Å². The van der Waals surface area contributed by atoms with Crippen LogP contribution in [0.25, 0.3) is 10.9 Å². The average Bonchev–Trinajstić information content (AvgIpc) is 2.98. The number of hydrogen-bond acceptors (Lipinski definition) is 1. The van der Waals surface area contributed by atoms with Crippen LogP contribution in [0.5, 0.6) is 0 Å². The van der Waals surface area contributed by atoms with Crippen LogP contribution in [-0.4, -0.2) is 34.4 Å². The van der Waals surface area contributed by atoms with Gasteiger partial charge in [-0.15, -0.1) is 0 Å². The zero-order valence-electron chi connectivity index (χ0n) is 11.6. The summed E-state index contributed by atoms with van der Waals surface area (Å²) < 4.78 is 29.4. The van der Waals surface area contributed by atoms with Crippen molar-refractivity contribution in [3.05, 3.63) is 34.4 Å². The van der Waals surface area contributed by atoms with Gasteiger partial charge in [0.1, 0.15) is 5.69 Å². The Balaban J connectivity index is 2.04. The summed E-state index contributed by atoms with van der Waals surface area (Å²) in [5, 5.41) is 0.931. The number of carbonyl (C=O) groups excluding carboxylic acids is 1. The second-order valence-corrected chi connectivity index (χ2v) is 6.14. The highest BCUT2D eigenvalue weighted by Crippen LogP contribution is 2.31. The fourth-order valence-corrected chi connectivity index (χ4v) is 3.45. The third kappa shape index (κ3) is 2.46. The van der Waals surface area contributed by atoms with Crippen molar-refractivity contribution in [1.29, 1.82) is 0 Å². The van der Waals surface area contributed by atoms with Crippen molar-refractivity contribution in [1.82, 2.24) is 9.47 Å². The van der Waals surface area contributed by atoms with Crippen LogP contribution in [0.4, 0.5) is 8.78 Å². The van der Waals surface area contributed by atoms with Crippen LogP contribution in [-0.2, 0) is 6.54 Å². The molecule has 1 aliphatic rings. The third-order valence-electron chi connectivity index (χ3n) is 3.86. The van der Waals surface area contributed by atoms with E-state index >= 15 is 0 Å². The maximum atomic E-state index is 13.3. The highest BCUT2D eigenvalue weighted by Gasteiger charge is 2.41. The Bertz CT molecular complexity index is 711. The molecule has 0 spiro atoms. The quantitative estimate of drug-likeness (QED) is 0.800. The molecule has 0 unspecified atom stereocenters. The molecule has 1 saturated heterocycles. The number of aromatic nitrogens is 1. The number of nitrogens with zero attached hydrogens (tertiary/aromatic N) is 2. The topological polar surface area (TPSA) is 25.2 Å². The van der Waals surface area contributed by atoms with Gasteiger partial charge >= 0.3 is 0 Å². The van der Waals surface area contributed by atoms with E-state index in [0.29, 0.717) is 12.2 Å². The summed E-state index contributed by atoms with van der Waals surface area (Å²) in [5.74, 6) is -3.09. The molecule has 6 heteroatoms. The minimum atomic E-state index is -2.76. The molecule has 0 N–H and O–H groups in total. The largest absolute Gasteiger partial charge is 0.336 e. The Morgan fingerprint density at radius 2 is 2.19 bits per heavy atom. The SMILES string of the molecule is CCn1c(C(=O)N2CCC(F)(F)C2)cc2cccc(Br)c21.